The fourth-order valence-electron chi connectivity index (χ4n) is 3.39. The number of nitrogens with zero attached hydrogens (tertiary/aromatic N) is 1. The van der Waals surface area contributed by atoms with Gasteiger partial charge in [-0.2, -0.15) is 0 Å². The highest BCUT2D eigenvalue weighted by Gasteiger charge is 2.28. The fourth-order valence-corrected chi connectivity index (χ4v) is 4.51. The summed E-state index contributed by atoms with van der Waals surface area (Å²) in [6.07, 6.45) is 1.74. The van der Waals surface area contributed by atoms with Crippen LogP contribution in [0.4, 0.5) is 0 Å². The molecule has 0 aliphatic carbocycles. The molecule has 0 aliphatic heterocycles. The van der Waals surface area contributed by atoms with Gasteiger partial charge >= 0.3 is 0 Å². The summed E-state index contributed by atoms with van der Waals surface area (Å²) < 4.78 is 6.37. The summed E-state index contributed by atoms with van der Waals surface area (Å²) in [7, 11) is 1.65. The summed E-state index contributed by atoms with van der Waals surface area (Å²) in [6.45, 7) is 3.93. The minimum Gasteiger partial charge on any atom is -0.497 e. The summed E-state index contributed by atoms with van der Waals surface area (Å²) in [5, 5.41) is 4.24. The molecule has 0 saturated carbocycles. The van der Waals surface area contributed by atoms with Crippen LogP contribution in [0.1, 0.15) is 29.2 Å². The SMILES string of the molecule is COc1ccc(-c2c(C(=O)NC(C)(C)c3ccccn3)sc3ccccc23)cc1. The van der Waals surface area contributed by atoms with Crippen LogP contribution in [-0.2, 0) is 5.54 Å². The van der Waals surface area contributed by atoms with Crippen molar-refractivity contribution in [3.63, 3.8) is 0 Å². The maximum atomic E-state index is 13.4. The first kappa shape index (κ1) is 19.2. The van der Waals surface area contributed by atoms with Crippen molar-refractivity contribution >= 4 is 27.3 Å². The van der Waals surface area contributed by atoms with Gasteiger partial charge in [0.1, 0.15) is 10.6 Å². The quantitative estimate of drug-likeness (QED) is 0.470. The Bertz CT molecular complexity index is 1150. The van der Waals surface area contributed by atoms with Gasteiger partial charge in [-0.3, -0.25) is 9.78 Å². The van der Waals surface area contributed by atoms with Crippen LogP contribution in [0.3, 0.4) is 0 Å². The third-order valence-electron chi connectivity index (χ3n) is 4.91. The van der Waals surface area contributed by atoms with E-state index in [2.05, 4.69) is 16.4 Å². The number of pyridine rings is 1. The number of thiophene rings is 1. The highest BCUT2D eigenvalue weighted by atomic mass is 32.1. The molecule has 2 aromatic heterocycles. The molecule has 29 heavy (non-hydrogen) atoms. The molecule has 0 fully saturated rings. The molecule has 1 amide bonds. The van der Waals surface area contributed by atoms with Gasteiger partial charge in [-0.05, 0) is 49.7 Å². The summed E-state index contributed by atoms with van der Waals surface area (Å²) in [4.78, 5) is 18.5. The van der Waals surface area contributed by atoms with Gasteiger partial charge in [0.15, 0.2) is 0 Å². The van der Waals surface area contributed by atoms with E-state index in [0.29, 0.717) is 4.88 Å². The monoisotopic (exact) mass is 402 g/mol. The van der Waals surface area contributed by atoms with E-state index in [0.717, 1.165) is 32.7 Å². The van der Waals surface area contributed by atoms with Gasteiger partial charge in [-0.25, -0.2) is 0 Å². The average molecular weight is 403 g/mol. The summed E-state index contributed by atoms with van der Waals surface area (Å²) in [6, 6.07) is 21.7. The van der Waals surface area contributed by atoms with Crippen LogP contribution in [-0.4, -0.2) is 18.0 Å². The van der Waals surface area contributed by atoms with Crippen molar-refractivity contribution in [3.8, 4) is 16.9 Å². The van der Waals surface area contributed by atoms with Crippen molar-refractivity contribution in [2.24, 2.45) is 0 Å². The molecule has 0 bridgehead atoms. The standard InChI is InChI=1S/C24H22N2O2S/c1-24(2,20-10-6-7-15-25-20)26-23(27)22-21(16-11-13-17(28-3)14-12-16)18-8-4-5-9-19(18)29-22/h4-15H,1-3H3,(H,26,27). The second-order valence-electron chi connectivity index (χ2n) is 7.32. The number of hydrogen-bond donors (Lipinski definition) is 1. The summed E-state index contributed by atoms with van der Waals surface area (Å²) in [5.74, 6) is 0.684. The van der Waals surface area contributed by atoms with E-state index in [1.54, 1.807) is 13.3 Å². The lowest BCUT2D eigenvalue weighted by molar-refractivity contribution is 0.0915. The minimum atomic E-state index is -0.592. The molecule has 4 aromatic rings. The molecule has 1 N–H and O–H groups in total. The minimum absolute atomic E-state index is 0.104. The number of nitrogens with one attached hydrogen (secondary N) is 1. The molecular formula is C24H22N2O2S. The number of amides is 1. The lowest BCUT2D eigenvalue weighted by atomic mass is 9.98. The van der Waals surface area contributed by atoms with Crippen LogP contribution in [0, 0.1) is 0 Å². The number of carbonyl (C=O) groups excluding carboxylic acids is 1. The molecule has 0 unspecified atom stereocenters. The molecule has 2 aromatic carbocycles. The smallest absolute Gasteiger partial charge is 0.262 e. The second-order valence-corrected chi connectivity index (χ2v) is 8.38. The number of aromatic nitrogens is 1. The summed E-state index contributed by atoms with van der Waals surface area (Å²) in [5.41, 5.74) is 2.16. The zero-order chi connectivity index (χ0) is 20.4. The van der Waals surface area contributed by atoms with Crippen LogP contribution < -0.4 is 10.1 Å². The van der Waals surface area contributed by atoms with Gasteiger partial charge in [0.05, 0.1) is 18.3 Å². The van der Waals surface area contributed by atoms with E-state index in [9.17, 15) is 4.79 Å². The zero-order valence-corrected chi connectivity index (χ0v) is 17.4. The Hall–Kier alpha value is -3.18. The van der Waals surface area contributed by atoms with Crippen molar-refractivity contribution in [2.45, 2.75) is 19.4 Å². The van der Waals surface area contributed by atoms with Gasteiger partial charge in [-0.1, -0.05) is 36.4 Å². The normalized spacial score (nSPS) is 11.4. The van der Waals surface area contributed by atoms with Crippen LogP contribution in [0.15, 0.2) is 72.9 Å². The molecule has 0 atom stereocenters. The number of hydrogen-bond acceptors (Lipinski definition) is 4. The lowest BCUT2D eigenvalue weighted by Crippen LogP contribution is -2.41. The molecule has 2 heterocycles. The van der Waals surface area contributed by atoms with Crippen molar-refractivity contribution in [3.05, 3.63) is 83.5 Å². The summed E-state index contributed by atoms with van der Waals surface area (Å²) >= 11 is 1.51. The van der Waals surface area contributed by atoms with Crippen LogP contribution in [0.2, 0.25) is 0 Å². The highest BCUT2D eigenvalue weighted by molar-refractivity contribution is 7.21. The maximum Gasteiger partial charge on any atom is 0.262 e. The van der Waals surface area contributed by atoms with Crippen molar-refractivity contribution in [1.29, 1.82) is 0 Å². The van der Waals surface area contributed by atoms with Gasteiger partial charge in [0, 0.05) is 21.8 Å². The Morgan fingerprint density at radius 1 is 1.00 bits per heavy atom. The first-order chi connectivity index (χ1) is 14.0. The Morgan fingerprint density at radius 3 is 2.41 bits per heavy atom. The van der Waals surface area contributed by atoms with Crippen LogP contribution in [0.5, 0.6) is 5.75 Å². The predicted octanol–water partition coefficient (Wildman–Crippen LogP) is 5.64. The van der Waals surface area contributed by atoms with E-state index in [1.165, 1.54) is 11.3 Å². The zero-order valence-electron chi connectivity index (χ0n) is 16.6. The molecular weight excluding hydrogens is 380 g/mol. The fraction of sp³-hybridized carbons (Fsp3) is 0.167. The Labute approximate surface area is 174 Å². The van der Waals surface area contributed by atoms with E-state index in [-0.39, 0.29) is 5.91 Å². The first-order valence-corrected chi connectivity index (χ1v) is 10.2. The molecule has 4 rings (SSSR count). The first-order valence-electron chi connectivity index (χ1n) is 9.39. The van der Waals surface area contributed by atoms with Crippen LogP contribution in [0.25, 0.3) is 21.2 Å². The largest absolute Gasteiger partial charge is 0.497 e. The molecule has 0 saturated heterocycles. The Balaban J connectivity index is 1.78. The van der Waals surface area contributed by atoms with E-state index in [1.807, 2.05) is 74.5 Å². The number of methoxy groups -OCH3 is 1. The van der Waals surface area contributed by atoms with E-state index < -0.39 is 5.54 Å². The highest BCUT2D eigenvalue weighted by Crippen LogP contribution is 2.39. The number of carbonyl (C=O) groups is 1. The number of fused-ring (bicyclic) bond motifs is 1. The lowest BCUT2D eigenvalue weighted by Gasteiger charge is -2.25. The van der Waals surface area contributed by atoms with Crippen molar-refractivity contribution in [1.82, 2.24) is 10.3 Å². The van der Waals surface area contributed by atoms with E-state index >= 15 is 0 Å². The number of benzene rings is 2. The van der Waals surface area contributed by atoms with Crippen molar-refractivity contribution < 1.29 is 9.53 Å². The molecule has 0 radical (unpaired) electrons. The van der Waals surface area contributed by atoms with Crippen molar-refractivity contribution in [2.75, 3.05) is 7.11 Å². The third kappa shape index (κ3) is 3.74. The Kier molecular flexibility index (Phi) is 5.07. The number of rotatable bonds is 5. The van der Waals surface area contributed by atoms with E-state index in [4.69, 9.17) is 4.74 Å². The van der Waals surface area contributed by atoms with Gasteiger partial charge in [0.25, 0.3) is 5.91 Å². The van der Waals surface area contributed by atoms with Gasteiger partial charge in [-0.15, -0.1) is 11.3 Å². The second kappa shape index (κ2) is 7.68. The van der Waals surface area contributed by atoms with Crippen LogP contribution >= 0.6 is 11.3 Å². The maximum absolute atomic E-state index is 13.4. The third-order valence-corrected chi connectivity index (χ3v) is 6.08. The molecule has 0 aliphatic rings. The molecule has 4 nitrogen and oxygen atoms in total. The molecule has 5 heteroatoms. The molecule has 0 spiro atoms. The van der Waals surface area contributed by atoms with Gasteiger partial charge in [0.2, 0.25) is 0 Å². The van der Waals surface area contributed by atoms with Gasteiger partial charge < -0.3 is 10.1 Å². The average Bonchev–Trinajstić information content (AvgIpc) is 3.14. The molecule has 146 valence electrons. The predicted molar refractivity (Wildman–Crippen MR) is 119 cm³/mol. The Morgan fingerprint density at radius 2 is 1.72 bits per heavy atom. The number of ether oxygens (including phenoxy) is 1. The topological polar surface area (TPSA) is 51.2 Å².